The minimum Gasteiger partial charge on any atom is -0.384 e. The van der Waals surface area contributed by atoms with Crippen LogP contribution in [-0.2, 0) is 11.2 Å². The fraction of sp³-hybridized carbons (Fsp3) is 0.632. The maximum atomic E-state index is 13.0. The van der Waals surface area contributed by atoms with E-state index in [0.717, 1.165) is 55.7 Å². The molecule has 4 bridgehead atoms. The molecule has 1 heterocycles. The molecule has 3 nitrogen and oxygen atoms in total. The Balaban J connectivity index is 1.38. The van der Waals surface area contributed by atoms with Crippen molar-refractivity contribution in [1.29, 1.82) is 0 Å². The number of nitrogens with one attached hydrogen (secondary N) is 2. The lowest BCUT2D eigenvalue weighted by atomic mass is 9.49. The molecule has 116 valence electrons. The summed E-state index contributed by atoms with van der Waals surface area (Å²) in [6.07, 6.45) is 8.63. The summed E-state index contributed by atoms with van der Waals surface area (Å²) in [6, 6.07) is 6.32. The first-order valence-corrected chi connectivity index (χ1v) is 8.88. The van der Waals surface area contributed by atoms with Crippen molar-refractivity contribution in [1.82, 2.24) is 0 Å². The van der Waals surface area contributed by atoms with Crippen molar-refractivity contribution in [3.05, 3.63) is 23.8 Å². The average Bonchev–Trinajstić information content (AvgIpc) is 2.93. The van der Waals surface area contributed by atoms with Crippen LogP contribution in [0.1, 0.15) is 44.1 Å². The van der Waals surface area contributed by atoms with Gasteiger partial charge in [-0.25, -0.2) is 0 Å². The molecule has 0 radical (unpaired) electrons. The average molecular weight is 296 g/mol. The van der Waals surface area contributed by atoms with Gasteiger partial charge < -0.3 is 10.6 Å². The Bertz CT molecular complexity index is 601. The third kappa shape index (κ3) is 1.90. The molecule has 4 aliphatic carbocycles. The molecule has 1 aromatic carbocycles. The van der Waals surface area contributed by atoms with E-state index in [-0.39, 0.29) is 5.41 Å². The number of amides is 1. The fourth-order valence-corrected chi connectivity index (χ4v) is 6.04. The third-order valence-electron chi connectivity index (χ3n) is 6.59. The number of benzene rings is 1. The molecule has 1 aromatic rings. The molecule has 0 unspecified atom stereocenters. The van der Waals surface area contributed by atoms with Crippen LogP contribution in [0, 0.1) is 23.2 Å². The van der Waals surface area contributed by atoms with Crippen LogP contribution < -0.4 is 10.6 Å². The Morgan fingerprint density at radius 2 is 1.77 bits per heavy atom. The number of carbonyl (C=O) groups excluding carboxylic acids is 1. The van der Waals surface area contributed by atoms with E-state index in [1.807, 2.05) is 0 Å². The van der Waals surface area contributed by atoms with Crippen molar-refractivity contribution in [2.75, 3.05) is 17.2 Å². The Morgan fingerprint density at radius 3 is 2.45 bits per heavy atom. The molecule has 22 heavy (non-hydrogen) atoms. The molecule has 0 atom stereocenters. The first-order chi connectivity index (χ1) is 10.7. The van der Waals surface area contributed by atoms with Gasteiger partial charge in [-0.1, -0.05) is 0 Å². The highest BCUT2D eigenvalue weighted by Crippen LogP contribution is 2.60. The molecule has 4 fully saturated rings. The fourth-order valence-electron chi connectivity index (χ4n) is 6.04. The second kappa shape index (κ2) is 4.50. The zero-order valence-corrected chi connectivity index (χ0v) is 13.0. The van der Waals surface area contributed by atoms with Crippen LogP contribution in [0.25, 0.3) is 0 Å². The molecule has 0 spiro atoms. The maximum Gasteiger partial charge on any atom is 0.230 e. The lowest BCUT2D eigenvalue weighted by Gasteiger charge is -2.55. The molecular weight excluding hydrogens is 272 g/mol. The van der Waals surface area contributed by atoms with E-state index in [2.05, 4.69) is 28.8 Å². The van der Waals surface area contributed by atoms with Crippen LogP contribution >= 0.6 is 0 Å². The zero-order chi connectivity index (χ0) is 14.7. The standard InChI is InChI=1S/C19H24N2O/c22-18(21-16-1-2-17-15(8-16)3-4-20-17)19-9-12-5-13(10-19)7-14(6-12)11-19/h1-2,8,12-14,20H,3-7,9-11H2,(H,21,22). The summed E-state index contributed by atoms with van der Waals surface area (Å²) in [5, 5.41) is 6.64. The first-order valence-electron chi connectivity index (χ1n) is 8.88. The number of carbonyl (C=O) groups is 1. The van der Waals surface area contributed by atoms with Crippen LogP contribution in [0.3, 0.4) is 0 Å². The smallest absolute Gasteiger partial charge is 0.230 e. The van der Waals surface area contributed by atoms with Gasteiger partial charge in [0.2, 0.25) is 5.91 Å². The van der Waals surface area contributed by atoms with E-state index in [0.29, 0.717) is 5.91 Å². The van der Waals surface area contributed by atoms with Gasteiger partial charge in [0.25, 0.3) is 0 Å². The van der Waals surface area contributed by atoms with Crippen LogP contribution in [0.5, 0.6) is 0 Å². The van der Waals surface area contributed by atoms with Crippen molar-refractivity contribution in [2.45, 2.75) is 44.9 Å². The van der Waals surface area contributed by atoms with Crippen LogP contribution in [0.4, 0.5) is 11.4 Å². The van der Waals surface area contributed by atoms with Crippen molar-refractivity contribution in [3.8, 4) is 0 Å². The van der Waals surface area contributed by atoms with Gasteiger partial charge in [0.15, 0.2) is 0 Å². The minimum atomic E-state index is -0.0496. The van der Waals surface area contributed by atoms with E-state index in [1.165, 1.54) is 30.5 Å². The lowest BCUT2D eigenvalue weighted by molar-refractivity contribution is -0.140. The Hall–Kier alpha value is -1.51. The predicted molar refractivity (Wildman–Crippen MR) is 87.9 cm³/mol. The highest BCUT2D eigenvalue weighted by atomic mass is 16.2. The highest BCUT2D eigenvalue weighted by Gasteiger charge is 2.54. The van der Waals surface area contributed by atoms with Gasteiger partial charge in [0.05, 0.1) is 5.41 Å². The third-order valence-corrected chi connectivity index (χ3v) is 6.59. The Morgan fingerprint density at radius 1 is 1.09 bits per heavy atom. The van der Waals surface area contributed by atoms with Crippen molar-refractivity contribution in [2.24, 2.45) is 23.2 Å². The van der Waals surface area contributed by atoms with Gasteiger partial charge in [-0.3, -0.25) is 4.79 Å². The highest BCUT2D eigenvalue weighted by molar-refractivity contribution is 5.96. The van der Waals surface area contributed by atoms with Gasteiger partial charge in [-0.05, 0) is 86.5 Å². The number of hydrogen-bond donors (Lipinski definition) is 2. The van der Waals surface area contributed by atoms with E-state index in [9.17, 15) is 4.79 Å². The molecule has 4 saturated carbocycles. The maximum absolute atomic E-state index is 13.0. The quantitative estimate of drug-likeness (QED) is 0.871. The molecule has 1 aliphatic heterocycles. The molecule has 2 N–H and O–H groups in total. The van der Waals surface area contributed by atoms with Crippen molar-refractivity contribution >= 4 is 17.3 Å². The second-order valence-corrected chi connectivity index (χ2v) is 8.20. The van der Waals surface area contributed by atoms with Crippen molar-refractivity contribution < 1.29 is 4.79 Å². The second-order valence-electron chi connectivity index (χ2n) is 8.20. The summed E-state index contributed by atoms with van der Waals surface area (Å²) < 4.78 is 0. The van der Waals surface area contributed by atoms with Gasteiger partial charge in [0, 0.05) is 17.9 Å². The zero-order valence-electron chi connectivity index (χ0n) is 13.0. The van der Waals surface area contributed by atoms with Gasteiger partial charge in [-0.15, -0.1) is 0 Å². The summed E-state index contributed by atoms with van der Waals surface area (Å²) >= 11 is 0. The predicted octanol–water partition coefficient (Wildman–Crippen LogP) is 3.81. The van der Waals surface area contributed by atoms with Crippen LogP contribution in [0.2, 0.25) is 0 Å². The molecule has 3 heteroatoms. The number of fused-ring (bicyclic) bond motifs is 1. The largest absolute Gasteiger partial charge is 0.384 e. The van der Waals surface area contributed by atoms with Crippen molar-refractivity contribution in [3.63, 3.8) is 0 Å². The van der Waals surface area contributed by atoms with E-state index < -0.39 is 0 Å². The molecule has 0 saturated heterocycles. The number of hydrogen-bond acceptors (Lipinski definition) is 2. The summed E-state index contributed by atoms with van der Waals surface area (Å²) in [7, 11) is 0. The number of anilines is 2. The van der Waals surface area contributed by atoms with Gasteiger partial charge in [0.1, 0.15) is 0 Å². The summed E-state index contributed by atoms with van der Waals surface area (Å²) in [5.74, 6) is 2.76. The summed E-state index contributed by atoms with van der Waals surface area (Å²) in [4.78, 5) is 13.0. The van der Waals surface area contributed by atoms with Crippen LogP contribution in [-0.4, -0.2) is 12.5 Å². The topological polar surface area (TPSA) is 41.1 Å². The molecule has 5 aliphatic rings. The molecular formula is C19H24N2O. The molecule has 0 aromatic heterocycles. The first kappa shape index (κ1) is 13.0. The summed E-state index contributed by atoms with van der Waals surface area (Å²) in [6.45, 7) is 1.02. The lowest BCUT2D eigenvalue weighted by Crippen LogP contribution is -2.51. The van der Waals surface area contributed by atoms with Crippen LogP contribution in [0.15, 0.2) is 18.2 Å². The SMILES string of the molecule is O=C(Nc1ccc2c(c1)CCN2)C12CC3CC(CC(C3)C1)C2. The monoisotopic (exact) mass is 296 g/mol. The normalized spacial score (nSPS) is 37.7. The van der Waals surface area contributed by atoms with E-state index in [4.69, 9.17) is 0 Å². The van der Waals surface area contributed by atoms with E-state index >= 15 is 0 Å². The van der Waals surface area contributed by atoms with E-state index in [1.54, 1.807) is 0 Å². The molecule has 6 rings (SSSR count). The van der Waals surface area contributed by atoms with Gasteiger partial charge in [-0.2, -0.15) is 0 Å². The Kier molecular flexibility index (Phi) is 2.65. The number of rotatable bonds is 2. The summed E-state index contributed by atoms with van der Waals surface area (Å²) in [5.41, 5.74) is 3.51. The Labute approximate surface area is 131 Å². The molecule has 1 amide bonds. The van der Waals surface area contributed by atoms with Gasteiger partial charge >= 0.3 is 0 Å². The minimum absolute atomic E-state index is 0.0496.